The van der Waals surface area contributed by atoms with Gasteiger partial charge in [0.25, 0.3) is 0 Å². The van der Waals surface area contributed by atoms with Crippen LogP contribution < -0.4 is 10.1 Å². The number of aryl methyl sites for hydroxylation is 1. The van der Waals surface area contributed by atoms with Crippen molar-refractivity contribution in [2.24, 2.45) is 5.92 Å². The third kappa shape index (κ3) is 2.89. The Morgan fingerprint density at radius 2 is 2.04 bits per heavy atom. The van der Waals surface area contributed by atoms with Gasteiger partial charge in [0.2, 0.25) is 5.95 Å². The van der Waals surface area contributed by atoms with Crippen LogP contribution in [0.15, 0.2) is 35.5 Å². The Hall–Kier alpha value is -2.63. The number of anilines is 1. The first kappa shape index (κ1) is 16.8. The summed E-state index contributed by atoms with van der Waals surface area (Å²) in [5, 5.41) is 7.89. The van der Waals surface area contributed by atoms with Crippen molar-refractivity contribution >= 4 is 11.7 Å². The lowest BCUT2D eigenvalue weighted by molar-refractivity contribution is -0.117. The minimum absolute atomic E-state index is 0.196. The zero-order valence-electron chi connectivity index (χ0n) is 15.5. The zero-order valence-corrected chi connectivity index (χ0v) is 15.5. The number of fused-ring (bicyclic) bond motifs is 1. The van der Waals surface area contributed by atoms with Gasteiger partial charge in [-0.3, -0.25) is 4.79 Å². The largest absolute Gasteiger partial charge is 0.494 e. The molecule has 1 N–H and O–H groups in total. The molecular formula is C20H24N4O2. The molecule has 136 valence electrons. The fraction of sp³-hybridized carbons (Fsp3) is 0.450. The van der Waals surface area contributed by atoms with Crippen molar-refractivity contribution in [1.29, 1.82) is 0 Å². The van der Waals surface area contributed by atoms with Gasteiger partial charge in [-0.15, -0.1) is 0 Å². The fourth-order valence-corrected chi connectivity index (χ4v) is 3.79. The highest BCUT2D eigenvalue weighted by Crippen LogP contribution is 2.41. The lowest BCUT2D eigenvalue weighted by Gasteiger charge is -2.34. The maximum atomic E-state index is 12.9. The highest BCUT2D eigenvalue weighted by atomic mass is 16.5. The molecule has 2 aromatic rings. The van der Waals surface area contributed by atoms with Gasteiger partial charge in [0.1, 0.15) is 17.6 Å². The summed E-state index contributed by atoms with van der Waals surface area (Å²) in [5.74, 6) is 2.79. The van der Waals surface area contributed by atoms with E-state index in [4.69, 9.17) is 4.74 Å². The van der Waals surface area contributed by atoms with E-state index in [1.165, 1.54) is 0 Å². The van der Waals surface area contributed by atoms with Crippen LogP contribution in [0.25, 0.3) is 0 Å². The Bertz CT molecular complexity index is 866. The molecule has 0 amide bonds. The minimum atomic E-state index is -0.234. The standard InChI is InChI=1S/C20H24N4O2/c1-4-9-26-15-7-5-14(6-8-15)19-18-16(10-12(2)11-17(18)25)22-20-21-13(3)23-24(19)20/h5-8,12,19H,4,9-11H2,1-3H3,(H,21,22,23)/t12-,19+/m1/s1. The Labute approximate surface area is 153 Å². The average molecular weight is 352 g/mol. The van der Waals surface area contributed by atoms with Crippen molar-refractivity contribution in [2.75, 3.05) is 11.9 Å². The zero-order chi connectivity index (χ0) is 18.3. The predicted molar refractivity (Wildman–Crippen MR) is 99.2 cm³/mol. The molecule has 1 aromatic heterocycles. The topological polar surface area (TPSA) is 69.0 Å². The molecule has 6 nitrogen and oxygen atoms in total. The molecule has 2 heterocycles. The van der Waals surface area contributed by atoms with Gasteiger partial charge in [-0.1, -0.05) is 26.0 Å². The van der Waals surface area contributed by atoms with Gasteiger partial charge in [0, 0.05) is 17.7 Å². The normalized spacial score (nSPS) is 21.9. The number of benzene rings is 1. The third-order valence-corrected chi connectivity index (χ3v) is 4.90. The summed E-state index contributed by atoms with van der Waals surface area (Å²) in [6, 6.07) is 7.75. The molecule has 0 spiro atoms. The Kier molecular flexibility index (Phi) is 4.26. The fourth-order valence-electron chi connectivity index (χ4n) is 3.79. The number of hydrogen-bond acceptors (Lipinski definition) is 5. The molecule has 1 aliphatic carbocycles. The molecule has 6 heteroatoms. The number of carbonyl (C=O) groups excluding carboxylic acids is 1. The van der Waals surface area contributed by atoms with Gasteiger partial charge >= 0.3 is 0 Å². The SMILES string of the molecule is CCCOc1ccc([C@H]2C3=C(C[C@@H](C)CC3=O)Nc3nc(C)nn32)cc1. The quantitative estimate of drug-likeness (QED) is 0.910. The molecule has 1 aliphatic heterocycles. The molecular weight excluding hydrogens is 328 g/mol. The molecule has 1 aromatic carbocycles. The van der Waals surface area contributed by atoms with Gasteiger partial charge in [-0.25, -0.2) is 4.68 Å². The van der Waals surface area contributed by atoms with E-state index in [0.29, 0.717) is 30.7 Å². The Morgan fingerprint density at radius 3 is 2.77 bits per heavy atom. The van der Waals surface area contributed by atoms with E-state index in [0.717, 1.165) is 35.4 Å². The van der Waals surface area contributed by atoms with Crippen LogP contribution in [0.4, 0.5) is 5.95 Å². The maximum Gasteiger partial charge on any atom is 0.226 e. The molecule has 0 fully saturated rings. The third-order valence-electron chi connectivity index (χ3n) is 4.90. The van der Waals surface area contributed by atoms with Gasteiger partial charge < -0.3 is 10.1 Å². The molecule has 0 saturated carbocycles. The van der Waals surface area contributed by atoms with E-state index in [1.54, 1.807) is 0 Å². The number of ether oxygens (including phenoxy) is 1. The summed E-state index contributed by atoms with van der Waals surface area (Å²) in [4.78, 5) is 17.4. The number of ketones is 1. The number of allylic oxidation sites excluding steroid dienone is 2. The number of nitrogens with one attached hydrogen (secondary N) is 1. The lowest BCUT2D eigenvalue weighted by Crippen LogP contribution is -2.33. The van der Waals surface area contributed by atoms with E-state index < -0.39 is 0 Å². The van der Waals surface area contributed by atoms with Crippen molar-refractivity contribution in [3.05, 3.63) is 46.9 Å². The number of Topliss-reactive ketones (excluding diaryl/α,β-unsaturated/α-hetero) is 1. The highest BCUT2D eigenvalue weighted by Gasteiger charge is 2.38. The van der Waals surface area contributed by atoms with Gasteiger partial charge in [0.15, 0.2) is 5.78 Å². The van der Waals surface area contributed by atoms with Crippen molar-refractivity contribution in [3.8, 4) is 5.75 Å². The van der Waals surface area contributed by atoms with Crippen LogP contribution in [0.5, 0.6) is 5.75 Å². The predicted octanol–water partition coefficient (Wildman–Crippen LogP) is 3.64. The van der Waals surface area contributed by atoms with Crippen molar-refractivity contribution < 1.29 is 9.53 Å². The second-order valence-electron chi connectivity index (χ2n) is 7.20. The number of aromatic nitrogens is 3. The Morgan fingerprint density at radius 1 is 1.27 bits per heavy atom. The first-order chi connectivity index (χ1) is 12.6. The van der Waals surface area contributed by atoms with E-state index in [9.17, 15) is 4.79 Å². The van der Waals surface area contributed by atoms with Gasteiger partial charge in [-0.05, 0) is 43.4 Å². The molecule has 2 atom stereocenters. The Balaban J connectivity index is 1.77. The van der Waals surface area contributed by atoms with E-state index >= 15 is 0 Å². The second kappa shape index (κ2) is 6.59. The van der Waals surface area contributed by atoms with Crippen LogP contribution in [0.2, 0.25) is 0 Å². The van der Waals surface area contributed by atoms with Crippen LogP contribution >= 0.6 is 0 Å². The minimum Gasteiger partial charge on any atom is -0.494 e. The molecule has 0 bridgehead atoms. The lowest BCUT2D eigenvalue weighted by atomic mass is 9.81. The molecule has 0 unspecified atom stereocenters. The van der Waals surface area contributed by atoms with Crippen LogP contribution in [0.3, 0.4) is 0 Å². The van der Waals surface area contributed by atoms with E-state index in [-0.39, 0.29) is 11.8 Å². The highest BCUT2D eigenvalue weighted by molar-refractivity contribution is 5.99. The summed E-state index contributed by atoms with van der Waals surface area (Å²) in [7, 11) is 0. The number of carbonyl (C=O) groups is 1. The number of rotatable bonds is 4. The molecule has 0 saturated heterocycles. The van der Waals surface area contributed by atoms with Crippen LogP contribution in [-0.2, 0) is 4.79 Å². The monoisotopic (exact) mass is 352 g/mol. The van der Waals surface area contributed by atoms with E-state index in [2.05, 4.69) is 29.2 Å². The van der Waals surface area contributed by atoms with Gasteiger partial charge in [-0.2, -0.15) is 10.1 Å². The van der Waals surface area contributed by atoms with Crippen molar-refractivity contribution in [3.63, 3.8) is 0 Å². The first-order valence-electron chi connectivity index (χ1n) is 9.26. The average Bonchev–Trinajstić information content (AvgIpc) is 2.98. The van der Waals surface area contributed by atoms with Crippen LogP contribution in [-0.4, -0.2) is 27.2 Å². The van der Waals surface area contributed by atoms with E-state index in [1.807, 2.05) is 35.9 Å². The first-order valence-corrected chi connectivity index (χ1v) is 9.26. The van der Waals surface area contributed by atoms with Crippen LogP contribution in [0, 0.1) is 12.8 Å². The molecule has 2 aliphatic rings. The summed E-state index contributed by atoms with van der Waals surface area (Å²) in [6.07, 6.45) is 2.42. The smallest absolute Gasteiger partial charge is 0.226 e. The summed E-state index contributed by atoms with van der Waals surface area (Å²) >= 11 is 0. The summed E-state index contributed by atoms with van der Waals surface area (Å²) < 4.78 is 7.52. The maximum absolute atomic E-state index is 12.9. The second-order valence-corrected chi connectivity index (χ2v) is 7.20. The van der Waals surface area contributed by atoms with Crippen LogP contribution in [0.1, 0.15) is 50.5 Å². The van der Waals surface area contributed by atoms with Crippen molar-refractivity contribution in [1.82, 2.24) is 14.8 Å². The summed E-state index contributed by atoms with van der Waals surface area (Å²) in [5.41, 5.74) is 2.84. The van der Waals surface area contributed by atoms with Crippen molar-refractivity contribution in [2.45, 2.75) is 46.1 Å². The molecule has 26 heavy (non-hydrogen) atoms. The molecule has 0 radical (unpaired) electrons. The number of hydrogen-bond donors (Lipinski definition) is 1. The number of nitrogens with zero attached hydrogens (tertiary/aromatic N) is 3. The van der Waals surface area contributed by atoms with Gasteiger partial charge in [0.05, 0.1) is 6.61 Å². The summed E-state index contributed by atoms with van der Waals surface area (Å²) in [6.45, 7) is 6.77. The molecule has 4 rings (SSSR count).